The van der Waals surface area contributed by atoms with Gasteiger partial charge in [-0.3, -0.25) is 9.58 Å². The van der Waals surface area contributed by atoms with Crippen LogP contribution in [-0.4, -0.2) is 40.9 Å². The molecule has 1 aliphatic rings. The van der Waals surface area contributed by atoms with Crippen LogP contribution in [0, 0.1) is 0 Å². The lowest BCUT2D eigenvalue weighted by Gasteiger charge is -2.14. The molecule has 1 aromatic heterocycles. The van der Waals surface area contributed by atoms with Crippen LogP contribution in [0.2, 0.25) is 0 Å². The van der Waals surface area contributed by atoms with Crippen LogP contribution in [0.5, 0.6) is 0 Å². The topological polar surface area (TPSA) is 33.1 Å². The molecule has 2 heterocycles. The Morgan fingerprint density at radius 3 is 3.12 bits per heavy atom. The molecule has 1 fully saturated rings. The Morgan fingerprint density at radius 2 is 2.44 bits per heavy atom. The van der Waals surface area contributed by atoms with Gasteiger partial charge >= 0.3 is 0 Å². The fourth-order valence-corrected chi connectivity index (χ4v) is 2.31. The first-order valence-electron chi connectivity index (χ1n) is 6.22. The van der Waals surface area contributed by atoms with Crippen molar-refractivity contribution in [3.8, 4) is 0 Å². The number of rotatable bonds is 5. The van der Waals surface area contributed by atoms with Gasteiger partial charge in [0.1, 0.15) is 0 Å². The van der Waals surface area contributed by atoms with Crippen molar-refractivity contribution in [2.75, 3.05) is 20.1 Å². The van der Waals surface area contributed by atoms with Gasteiger partial charge in [-0.15, -0.1) is 0 Å². The maximum absolute atomic E-state index is 4.36. The van der Waals surface area contributed by atoms with Gasteiger partial charge in [-0.05, 0) is 19.9 Å². The Morgan fingerprint density at radius 1 is 1.56 bits per heavy atom. The summed E-state index contributed by atoms with van der Waals surface area (Å²) in [6.45, 7) is 6.61. The molecule has 90 valence electrons. The van der Waals surface area contributed by atoms with Gasteiger partial charge in [-0.25, -0.2) is 0 Å². The summed E-state index contributed by atoms with van der Waals surface area (Å²) >= 11 is 0. The van der Waals surface area contributed by atoms with E-state index in [9.17, 15) is 0 Å². The molecular formula is C12H22N4. The molecule has 1 saturated heterocycles. The number of nitrogens with zero attached hydrogens (tertiary/aromatic N) is 3. The fourth-order valence-electron chi connectivity index (χ4n) is 2.31. The zero-order valence-electron chi connectivity index (χ0n) is 10.3. The van der Waals surface area contributed by atoms with Crippen LogP contribution in [0.1, 0.15) is 25.3 Å². The average Bonchev–Trinajstić information content (AvgIpc) is 2.89. The Balaban J connectivity index is 1.84. The van der Waals surface area contributed by atoms with Crippen molar-refractivity contribution in [2.45, 2.75) is 38.9 Å². The largest absolute Gasteiger partial charge is 0.316 e. The van der Waals surface area contributed by atoms with E-state index in [2.05, 4.69) is 28.4 Å². The maximum atomic E-state index is 4.36. The molecule has 0 aromatic carbocycles. The summed E-state index contributed by atoms with van der Waals surface area (Å²) in [6.07, 6.45) is 6.59. The first-order valence-corrected chi connectivity index (χ1v) is 6.22. The first-order chi connectivity index (χ1) is 7.81. The van der Waals surface area contributed by atoms with Gasteiger partial charge in [0.15, 0.2) is 0 Å². The minimum Gasteiger partial charge on any atom is -0.316 e. The zero-order valence-corrected chi connectivity index (χ0v) is 10.3. The van der Waals surface area contributed by atoms with E-state index in [4.69, 9.17) is 0 Å². The van der Waals surface area contributed by atoms with Crippen LogP contribution < -0.4 is 5.32 Å². The second-order valence-electron chi connectivity index (χ2n) is 4.62. The SMILES string of the molecule is CCCn1cc(CN2CCC(NC)C2)cn1. The van der Waals surface area contributed by atoms with Crippen molar-refractivity contribution in [1.82, 2.24) is 20.0 Å². The molecule has 4 nitrogen and oxygen atoms in total. The van der Waals surface area contributed by atoms with Gasteiger partial charge in [-0.2, -0.15) is 5.10 Å². The zero-order chi connectivity index (χ0) is 11.4. The monoisotopic (exact) mass is 222 g/mol. The molecule has 16 heavy (non-hydrogen) atoms. The molecule has 1 aromatic rings. The number of aromatic nitrogens is 2. The van der Waals surface area contributed by atoms with E-state index in [1.54, 1.807) is 0 Å². The standard InChI is InChI=1S/C12H22N4/c1-3-5-16-9-11(7-14-16)8-15-6-4-12(10-15)13-2/h7,9,12-13H,3-6,8,10H2,1-2H3. The Labute approximate surface area is 97.6 Å². The summed E-state index contributed by atoms with van der Waals surface area (Å²) in [7, 11) is 2.05. The van der Waals surface area contributed by atoms with Gasteiger partial charge in [-0.1, -0.05) is 6.92 Å². The molecule has 1 aliphatic heterocycles. The lowest BCUT2D eigenvalue weighted by molar-refractivity contribution is 0.322. The van der Waals surface area contributed by atoms with Gasteiger partial charge in [0.2, 0.25) is 0 Å². The molecule has 0 radical (unpaired) electrons. The third kappa shape index (κ3) is 2.83. The van der Waals surface area contributed by atoms with E-state index in [1.807, 2.05) is 17.9 Å². The fraction of sp³-hybridized carbons (Fsp3) is 0.750. The number of aryl methyl sites for hydroxylation is 1. The van der Waals surface area contributed by atoms with Crippen molar-refractivity contribution in [2.24, 2.45) is 0 Å². The molecule has 0 amide bonds. The molecule has 0 saturated carbocycles. The normalized spacial score (nSPS) is 21.8. The molecule has 1 N–H and O–H groups in total. The second-order valence-corrected chi connectivity index (χ2v) is 4.62. The van der Waals surface area contributed by atoms with Crippen LogP contribution >= 0.6 is 0 Å². The summed E-state index contributed by atoms with van der Waals surface area (Å²) in [5, 5.41) is 7.70. The molecule has 1 atom stereocenters. The Hall–Kier alpha value is -0.870. The summed E-state index contributed by atoms with van der Waals surface area (Å²) in [5.41, 5.74) is 1.34. The number of likely N-dealkylation sites (N-methyl/N-ethyl adjacent to an activating group) is 1. The van der Waals surface area contributed by atoms with E-state index in [0.717, 1.165) is 26.1 Å². The minimum absolute atomic E-state index is 0.672. The minimum atomic E-state index is 0.672. The lowest BCUT2D eigenvalue weighted by Crippen LogP contribution is -2.29. The average molecular weight is 222 g/mol. The lowest BCUT2D eigenvalue weighted by atomic mass is 10.3. The van der Waals surface area contributed by atoms with Crippen molar-refractivity contribution >= 4 is 0 Å². The Bertz CT molecular complexity index is 321. The highest BCUT2D eigenvalue weighted by Gasteiger charge is 2.20. The van der Waals surface area contributed by atoms with Crippen LogP contribution in [-0.2, 0) is 13.1 Å². The van der Waals surface area contributed by atoms with Crippen molar-refractivity contribution < 1.29 is 0 Å². The number of hydrogen-bond donors (Lipinski definition) is 1. The molecule has 0 spiro atoms. The maximum Gasteiger partial charge on any atom is 0.0534 e. The van der Waals surface area contributed by atoms with Crippen LogP contribution in [0.15, 0.2) is 12.4 Å². The number of likely N-dealkylation sites (tertiary alicyclic amines) is 1. The first kappa shape index (κ1) is 11.6. The Kier molecular flexibility index (Phi) is 3.96. The third-order valence-electron chi connectivity index (χ3n) is 3.23. The van der Waals surface area contributed by atoms with Crippen LogP contribution in [0.25, 0.3) is 0 Å². The van der Waals surface area contributed by atoms with Crippen molar-refractivity contribution in [3.63, 3.8) is 0 Å². The molecule has 4 heteroatoms. The third-order valence-corrected chi connectivity index (χ3v) is 3.23. The van der Waals surface area contributed by atoms with Crippen molar-refractivity contribution in [3.05, 3.63) is 18.0 Å². The molecular weight excluding hydrogens is 200 g/mol. The van der Waals surface area contributed by atoms with E-state index < -0.39 is 0 Å². The summed E-state index contributed by atoms with van der Waals surface area (Å²) < 4.78 is 2.04. The second kappa shape index (κ2) is 5.46. The van der Waals surface area contributed by atoms with Crippen LogP contribution in [0.4, 0.5) is 0 Å². The van der Waals surface area contributed by atoms with Crippen LogP contribution in [0.3, 0.4) is 0 Å². The quantitative estimate of drug-likeness (QED) is 0.809. The predicted molar refractivity (Wildman–Crippen MR) is 65.3 cm³/mol. The highest BCUT2D eigenvalue weighted by Crippen LogP contribution is 2.12. The van der Waals surface area contributed by atoms with Gasteiger partial charge in [0.05, 0.1) is 6.20 Å². The smallest absolute Gasteiger partial charge is 0.0534 e. The summed E-state index contributed by atoms with van der Waals surface area (Å²) in [4.78, 5) is 2.49. The number of nitrogens with one attached hydrogen (secondary N) is 1. The highest BCUT2D eigenvalue weighted by atomic mass is 15.3. The van der Waals surface area contributed by atoms with E-state index in [-0.39, 0.29) is 0 Å². The van der Waals surface area contributed by atoms with Crippen molar-refractivity contribution in [1.29, 1.82) is 0 Å². The van der Waals surface area contributed by atoms with Gasteiger partial charge in [0, 0.05) is 44.0 Å². The molecule has 0 bridgehead atoms. The van der Waals surface area contributed by atoms with Gasteiger partial charge < -0.3 is 5.32 Å². The van der Waals surface area contributed by atoms with E-state index in [0.29, 0.717) is 6.04 Å². The van der Waals surface area contributed by atoms with E-state index in [1.165, 1.54) is 18.5 Å². The predicted octanol–water partition coefficient (Wildman–Crippen LogP) is 1.09. The summed E-state index contributed by atoms with van der Waals surface area (Å²) in [5.74, 6) is 0. The molecule has 1 unspecified atom stereocenters. The summed E-state index contributed by atoms with van der Waals surface area (Å²) in [6, 6.07) is 0.672. The van der Waals surface area contributed by atoms with Gasteiger partial charge in [0.25, 0.3) is 0 Å². The number of hydrogen-bond acceptors (Lipinski definition) is 3. The van der Waals surface area contributed by atoms with E-state index >= 15 is 0 Å². The molecule has 2 rings (SSSR count). The molecule has 0 aliphatic carbocycles. The highest BCUT2D eigenvalue weighted by molar-refractivity contribution is 5.04.